The number of imidazole rings is 1. The quantitative estimate of drug-likeness (QED) is 0.522. The van der Waals surface area contributed by atoms with Crippen LogP contribution in [0.4, 0.5) is 17.5 Å². The Morgan fingerprint density at radius 2 is 1.88 bits per heavy atom. The van der Waals surface area contributed by atoms with Crippen LogP contribution in [0.5, 0.6) is 0 Å². The minimum Gasteiger partial charge on any atom is -0.367 e. The standard InChI is InChI=1S/C23H24N8O/c1-2-22(32)30-13-11-29(12-14-30)17-6-7-20(25-15-17)28-23-24-9-8-18(27-23)19-16-26-21-5-3-4-10-31(19)21/h3-10,15-16H,2,11-14H2,1H3,(H,24,25,27,28). The molecule has 9 nitrogen and oxygen atoms in total. The van der Waals surface area contributed by atoms with Crippen molar-refractivity contribution in [2.45, 2.75) is 13.3 Å². The molecular weight excluding hydrogens is 404 g/mol. The first-order chi connectivity index (χ1) is 15.7. The number of piperazine rings is 1. The van der Waals surface area contributed by atoms with Gasteiger partial charge >= 0.3 is 0 Å². The number of rotatable bonds is 5. The topological polar surface area (TPSA) is 91.6 Å². The average Bonchev–Trinajstić information content (AvgIpc) is 3.29. The lowest BCUT2D eigenvalue weighted by Gasteiger charge is -2.35. The summed E-state index contributed by atoms with van der Waals surface area (Å²) in [7, 11) is 0. The maximum Gasteiger partial charge on any atom is 0.228 e. The minimum absolute atomic E-state index is 0.216. The predicted octanol–water partition coefficient (Wildman–Crippen LogP) is 2.99. The largest absolute Gasteiger partial charge is 0.367 e. The summed E-state index contributed by atoms with van der Waals surface area (Å²) in [5.74, 6) is 1.36. The van der Waals surface area contributed by atoms with Crippen LogP contribution in [-0.4, -0.2) is 61.3 Å². The van der Waals surface area contributed by atoms with Crippen LogP contribution in [0.1, 0.15) is 13.3 Å². The molecule has 1 aliphatic rings. The van der Waals surface area contributed by atoms with E-state index in [9.17, 15) is 4.79 Å². The summed E-state index contributed by atoms with van der Waals surface area (Å²) >= 11 is 0. The molecule has 5 heterocycles. The number of nitrogens with one attached hydrogen (secondary N) is 1. The van der Waals surface area contributed by atoms with E-state index < -0.39 is 0 Å². The lowest BCUT2D eigenvalue weighted by molar-refractivity contribution is -0.131. The zero-order valence-corrected chi connectivity index (χ0v) is 17.8. The summed E-state index contributed by atoms with van der Waals surface area (Å²) in [6.07, 6.45) is 7.89. The second-order valence-corrected chi connectivity index (χ2v) is 7.59. The van der Waals surface area contributed by atoms with Crippen LogP contribution < -0.4 is 10.2 Å². The fourth-order valence-electron chi connectivity index (χ4n) is 3.88. The van der Waals surface area contributed by atoms with Crippen LogP contribution in [-0.2, 0) is 4.79 Å². The van der Waals surface area contributed by atoms with Crippen molar-refractivity contribution in [2.75, 3.05) is 36.4 Å². The van der Waals surface area contributed by atoms with E-state index >= 15 is 0 Å². The van der Waals surface area contributed by atoms with Gasteiger partial charge in [-0.15, -0.1) is 0 Å². The maximum atomic E-state index is 11.9. The number of hydrogen-bond acceptors (Lipinski definition) is 7. The van der Waals surface area contributed by atoms with Gasteiger partial charge in [-0.3, -0.25) is 9.20 Å². The maximum absolute atomic E-state index is 11.9. The second kappa shape index (κ2) is 8.62. The molecule has 1 fully saturated rings. The van der Waals surface area contributed by atoms with Crippen LogP contribution in [0.25, 0.3) is 17.0 Å². The Bertz CT molecular complexity index is 1230. The third-order valence-electron chi connectivity index (χ3n) is 5.62. The highest BCUT2D eigenvalue weighted by Crippen LogP contribution is 2.22. The Kier molecular flexibility index (Phi) is 5.37. The normalized spacial score (nSPS) is 14.0. The van der Waals surface area contributed by atoms with Crippen molar-refractivity contribution in [2.24, 2.45) is 0 Å². The molecule has 162 valence electrons. The summed E-state index contributed by atoms with van der Waals surface area (Å²) in [6.45, 7) is 5.02. The SMILES string of the molecule is CCC(=O)N1CCN(c2ccc(Nc3nccc(-c4cnc5ccccn45)n3)nc2)CC1. The van der Waals surface area contributed by atoms with Gasteiger partial charge in [-0.2, -0.15) is 0 Å². The first-order valence-electron chi connectivity index (χ1n) is 10.7. The van der Waals surface area contributed by atoms with Gasteiger partial charge in [-0.25, -0.2) is 19.9 Å². The van der Waals surface area contributed by atoms with E-state index in [1.54, 1.807) is 6.20 Å². The average molecular weight is 429 g/mol. The van der Waals surface area contributed by atoms with Gasteiger partial charge in [0.05, 0.1) is 29.5 Å². The summed E-state index contributed by atoms with van der Waals surface area (Å²) in [6, 6.07) is 11.7. The van der Waals surface area contributed by atoms with E-state index in [1.807, 2.05) is 71.2 Å². The van der Waals surface area contributed by atoms with Gasteiger partial charge in [0.1, 0.15) is 11.5 Å². The van der Waals surface area contributed by atoms with Crippen molar-refractivity contribution in [1.29, 1.82) is 0 Å². The van der Waals surface area contributed by atoms with Crippen molar-refractivity contribution in [3.63, 3.8) is 0 Å². The van der Waals surface area contributed by atoms with Crippen LogP contribution in [0.15, 0.2) is 61.2 Å². The summed E-state index contributed by atoms with van der Waals surface area (Å²) in [5, 5.41) is 3.18. The number of hydrogen-bond donors (Lipinski definition) is 1. The van der Waals surface area contributed by atoms with Crippen LogP contribution in [0.3, 0.4) is 0 Å². The van der Waals surface area contributed by atoms with Gasteiger partial charge in [0.2, 0.25) is 11.9 Å². The van der Waals surface area contributed by atoms with Gasteiger partial charge in [-0.1, -0.05) is 13.0 Å². The molecule has 1 saturated heterocycles. The molecule has 0 aliphatic carbocycles. The lowest BCUT2D eigenvalue weighted by Crippen LogP contribution is -2.48. The number of nitrogens with zero attached hydrogens (tertiary/aromatic N) is 7. The molecule has 0 bridgehead atoms. The number of pyridine rings is 2. The summed E-state index contributed by atoms with van der Waals surface area (Å²) < 4.78 is 1.99. The number of aromatic nitrogens is 5. The van der Waals surface area contributed by atoms with Gasteiger partial charge in [0.15, 0.2) is 0 Å². The summed E-state index contributed by atoms with van der Waals surface area (Å²) in [4.78, 5) is 34.0. The molecule has 1 aliphatic heterocycles. The highest BCUT2D eigenvalue weighted by molar-refractivity contribution is 5.76. The Balaban J connectivity index is 1.27. The molecule has 0 atom stereocenters. The van der Waals surface area contributed by atoms with E-state index in [-0.39, 0.29) is 5.91 Å². The smallest absolute Gasteiger partial charge is 0.228 e. The predicted molar refractivity (Wildman–Crippen MR) is 123 cm³/mol. The molecule has 1 amide bonds. The first kappa shape index (κ1) is 19.9. The van der Waals surface area contributed by atoms with E-state index in [2.05, 4.69) is 30.2 Å². The van der Waals surface area contributed by atoms with Crippen molar-refractivity contribution in [3.05, 3.63) is 61.2 Å². The molecule has 5 rings (SSSR count). The molecule has 9 heteroatoms. The molecule has 4 aromatic heterocycles. The molecule has 32 heavy (non-hydrogen) atoms. The number of anilines is 3. The summed E-state index contributed by atoms with van der Waals surface area (Å²) in [5.41, 5.74) is 3.58. The monoisotopic (exact) mass is 428 g/mol. The Labute approximate surface area is 185 Å². The van der Waals surface area contributed by atoms with Crippen LogP contribution >= 0.6 is 0 Å². The molecule has 0 spiro atoms. The zero-order valence-electron chi connectivity index (χ0n) is 17.8. The molecule has 0 radical (unpaired) electrons. The van der Waals surface area contributed by atoms with Gasteiger partial charge in [0.25, 0.3) is 0 Å². The van der Waals surface area contributed by atoms with Gasteiger partial charge < -0.3 is 15.1 Å². The molecule has 0 saturated carbocycles. The molecule has 0 aromatic carbocycles. The third-order valence-corrected chi connectivity index (χ3v) is 5.62. The molecule has 0 unspecified atom stereocenters. The number of fused-ring (bicyclic) bond motifs is 1. The van der Waals surface area contributed by atoms with Crippen molar-refractivity contribution in [3.8, 4) is 11.4 Å². The number of carbonyl (C=O) groups excluding carboxylic acids is 1. The number of amides is 1. The van der Waals surface area contributed by atoms with Crippen molar-refractivity contribution < 1.29 is 4.79 Å². The Hall–Kier alpha value is -4.01. The van der Waals surface area contributed by atoms with Gasteiger partial charge in [0, 0.05) is 45.0 Å². The molecular formula is C23H24N8O. The highest BCUT2D eigenvalue weighted by atomic mass is 16.2. The number of carbonyl (C=O) groups is 1. The fourth-order valence-corrected chi connectivity index (χ4v) is 3.88. The minimum atomic E-state index is 0.216. The molecule has 1 N–H and O–H groups in total. The van der Waals surface area contributed by atoms with E-state index in [4.69, 9.17) is 0 Å². The van der Waals surface area contributed by atoms with E-state index in [0.717, 1.165) is 48.9 Å². The zero-order chi connectivity index (χ0) is 21.9. The third kappa shape index (κ3) is 3.96. The fraction of sp³-hybridized carbons (Fsp3) is 0.261. The van der Waals surface area contributed by atoms with Crippen LogP contribution in [0, 0.1) is 0 Å². The van der Waals surface area contributed by atoms with Gasteiger partial charge in [-0.05, 0) is 30.3 Å². The first-order valence-corrected chi connectivity index (χ1v) is 10.7. The lowest BCUT2D eigenvalue weighted by atomic mass is 10.2. The molecule has 4 aromatic rings. The van der Waals surface area contributed by atoms with E-state index in [1.165, 1.54) is 0 Å². The second-order valence-electron chi connectivity index (χ2n) is 7.59. The van der Waals surface area contributed by atoms with Crippen molar-refractivity contribution >= 4 is 29.0 Å². The highest BCUT2D eigenvalue weighted by Gasteiger charge is 2.20. The van der Waals surface area contributed by atoms with Crippen LogP contribution in [0.2, 0.25) is 0 Å². The Morgan fingerprint density at radius 3 is 2.66 bits per heavy atom. The van der Waals surface area contributed by atoms with E-state index in [0.29, 0.717) is 18.2 Å². The Morgan fingerprint density at radius 1 is 1.00 bits per heavy atom. The van der Waals surface area contributed by atoms with Crippen molar-refractivity contribution in [1.82, 2.24) is 29.2 Å².